The van der Waals surface area contributed by atoms with Crippen LogP contribution >= 0.6 is 11.8 Å². The number of aromatic nitrogens is 1. The minimum atomic E-state index is -0.0720. The Hall–Kier alpha value is -1.85. The van der Waals surface area contributed by atoms with E-state index in [4.69, 9.17) is 0 Å². The van der Waals surface area contributed by atoms with Crippen molar-refractivity contribution in [2.45, 2.75) is 37.6 Å². The highest BCUT2D eigenvalue weighted by molar-refractivity contribution is 7.99. The molecule has 2 rings (SSSR count). The number of rotatable bonds is 7. The Balaban J connectivity index is 2.14. The molecule has 0 aliphatic heterocycles. The fraction of sp³-hybridized carbons (Fsp3) is 0.429. The highest BCUT2D eigenvalue weighted by atomic mass is 32.2. The largest absolute Gasteiger partial charge is 0.351 e. The number of nitrogens with one attached hydrogen (secondary N) is 1. The molecule has 0 unspecified atom stereocenters. The van der Waals surface area contributed by atoms with Crippen LogP contribution in [0, 0.1) is 19.3 Å². The Morgan fingerprint density at radius 2 is 1.96 bits per heavy atom. The lowest BCUT2D eigenvalue weighted by Crippen LogP contribution is -2.40. The standard InChI is InChI=1S/C21H29N3OS/c1-15-9-10-18(16(2)12-15)26-20-17(8-7-11-22-20)19(25)23-13-21(3,4)14-24(5)6/h7-12H,13-14H2,1-6H3,(H,23,25). The van der Waals surface area contributed by atoms with Crippen LogP contribution in [0.1, 0.15) is 35.3 Å². The molecular formula is C21H29N3OS. The molecule has 4 nitrogen and oxygen atoms in total. The van der Waals surface area contributed by atoms with Crippen LogP contribution < -0.4 is 5.32 Å². The van der Waals surface area contributed by atoms with Gasteiger partial charge in [-0.3, -0.25) is 4.79 Å². The van der Waals surface area contributed by atoms with Crippen molar-refractivity contribution in [2.24, 2.45) is 5.41 Å². The van der Waals surface area contributed by atoms with Crippen LogP contribution in [0.25, 0.3) is 0 Å². The zero-order chi connectivity index (χ0) is 19.3. The molecule has 0 saturated carbocycles. The maximum Gasteiger partial charge on any atom is 0.254 e. The number of hydrogen-bond donors (Lipinski definition) is 1. The molecule has 0 aliphatic carbocycles. The van der Waals surface area contributed by atoms with Gasteiger partial charge >= 0.3 is 0 Å². The first-order valence-electron chi connectivity index (χ1n) is 8.81. The fourth-order valence-corrected chi connectivity index (χ4v) is 3.94. The third-order valence-corrected chi connectivity index (χ3v) is 5.22. The summed E-state index contributed by atoms with van der Waals surface area (Å²) in [4.78, 5) is 20.5. The maximum absolute atomic E-state index is 12.7. The van der Waals surface area contributed by atoms with Crippen LogP contribution in [0.5, 0.6) is 0 Å². The van der Waals surface area contributed by atoms with Crippen molar-refractivity contribution in [1.82, 2.24) is 15.2 Å². The minimum Gasteiger partial charge on any atom is -0.351 e. The number of carbonyl (C=O) groups is 1. The lowest BCUT2D eigenvalue weighted by molar-refractivity contribution is 0.0925. The molecule has 1 amide bonds. The summed E-state index contributed by atoms with van der Waals surface area (Å²) in [6.07, 6.45) is 1.73. The Morgan fingerprint density at radius 3 is 2.62 bits per heavy atom. The van der Waals surface area contributed by atoms with E-state index in [9.17, 15) is 4.79 Å². The summed E-state index contributed by atoms with van der Waals surface area (Å²) in [5.41, 5.74) is 3.05. The molecule has 2 aromatic rings. The molecule has 0 atom stereocenters. The SMILES string of the molecule is Cc1ccc(Sc2ncccc2C(=O)NCC(C)(C)CN(C)C)c(C)c1. The number of amides is 1. The van der Waals surface area contributed by atoms with Gasteiger partial charge in [-0.25, -0.2) is 4.98 Å². The predicted molar refractivity (Wildman–Crippen MR) is 109 cm³/mol. The van der Waals surface area contributed by atoms with E-state index in [1.165, 1.54) is 11.1 Å². The van der Waals surface area contributed by atoms with E-state index in [0.29, 0.717) is 12.1 Å². The lowest BCUT2D eigenvalue weighted by atomic mass is 9.93. The van der Waals surface area contributed by atoms with Crippen molar-refractivity contribution < 1.29 is 4.79 Å². The predicted octanol–water partition coefficient (Wildman–Crippen LogP) is 4.17. The number of pyridine rings is 1. The van der Waals surface area contributed by atoms with Gasteiger partial charge in [-0.05, 0) is 57.1 Å². The Labute approximate surface area is 161 Å². The van der Waals surface area contributed by atoms with E-state index in [1.807, 2.05) is 26.2 Å². The Morgan fingerprint density at radius 1 is 1.23 bits per heavy atom. The van der Waals surface area contributed by atoms with E-state index in [1.54, 1.807) is 18.0 Å². The molecule has 0 spiro atoms. The quantitative estimate of drug-likeness (QED) is 0.793. The zero-order valence-corrected chi connectivity index (χ0v) is 17.4. The molecule has 0 bridgehead atoms. The van der Waals surface area contributed by atoms with E-state index < -0.39 is 0 Å². The van der Waals surface area contributed by atoms with Crippen LogP contribution in [0.15, 0.2) is 46.5 Å². The van der Waals surface area contributed by atoms with Gasteiger partial charge in [0.1, 0.15) is 5.03 Å². The van der Waals surface area contributed by atoms with E-state index in [0.717, 1.165) is 16.5 Å². The summed E-state index contributed by atoms with van der Waals surface area (Å²) in [5.74, 6) is -0.0720. The molecule has 0 aliphatic rings. The molecule has 140 valence electrons. The summed E-state index contributed by atoms with van der Waals surface area (Å²) in [7, 11) is 4.09. The van der Waals surface area contributed by atoms with Crippen LogP contribution in [-0.2, 0) is 0 Å². The van der Waals surface area contributed by atoms with Gasteiger partial charge in [-0.2, -0.15) is 0 Å². The summed E-state index contributed by atoms with van der Waals surface area (Å²) in [5, 5.41) is 3.81. The van der Waals surface area contributed by atoms with Crippen LogP contribution in [0.3, 0.4) is 0 Å². The number of carbonyl (C=O) groups excluding carboxylic acids is 1. The number of nitrogens with zero attached hydrogens (tertiary/aromatic N) is 2. The average Bonchev–Trinajstić information content (AvgIpc) is 2.54. The fourth-order valence-electron chi connectivity index (χ4n) is 2.99. The molecule has 0 fully saturated rings. The molecule has 1 aromatic heterocycles. The van der Waals surface area contributed by atoms with Gasteiger partial charge < -0.3 is 10.2 Å². The van der Waals surface area contributed by atoms with Crippen LogP contribution in [-0.4, -0.2) is 43.0 Å². The third-order valence-electron chi connectivity index (χ3n) is 4.02. The summed E-state index contributed by atoms with van der Waals surface area (Å²) in [6, 6.07) is 9.97. The Kier molecular flexibility index (Phi) is 6.84. The second kappa shape index (κ2) is 8.69. The molecule has 5 heteroatoms. The topological polar surface area (TPSA) is 45.2 Å². The van der Waals surface area contributed by atoms with Gasteiger partial charge in [0, 0.05) is 24.2 Å². The van der Waals surface area contributed by atoms with Gasteiger partial charge in [0.15, 0.2) is 0 Å². The van der Waals surface area contributed by atoms with Crippen molar-refractivity contribution in [3.05, 3.63) is 53.2 Å². The third kappa shape index (κ3) is 5.85. The first-order valence-corrected chi connectivity index (χ1v) is 9.63. The van der Waals surface area contributed by atoms with Gasteiger partial charge in [0.05, 0.1) is 5.56 Å². The van der Waals surface area contributed by atoms with Gasteiger partial charge in [0.25, 0.3) is 5.91 Å². The van der Waals surface area contributed by atoms with Gasteiger partial charge in [0.2, 0.25) is 0 Å². The van der Waals surface area contributed by atoms with Crippen molar-refractivity contribution >= 4 is 17.7 Å². The van der Waals surface area contributed by atoms with E-state index in [2.05, 4.69) is 61.1 Å². The second-order valence-electron chi connectivity index (χ2n) is 7.81. The highest BCUT2D eigenvalue weighted by Crippen LogP contribution is 2.31. The molecule has 26 heavy (non-hydrogen) atoms. The highest BCUT2D eigenvalue weighted by Gasteiger charge is 2.21. The average molecular weight is 372 g/mol. The summed E-state index contributed by atoms with van der Waals surface area (Å²) in [6.45, 7) is 10.00. The minimum absolute atomic E-state index is 0.00220. The number of aryl methyl sites for hydroxylation is 2. The monoisotopic (exact) mass is 371 g/mol. The molecule has 1 heterocycles. The molecule has 1 N–H and O–H groups in total. The lowest BCUT2D eigenvalue weighted by Gasteiger charge is -2.28. The summed E-state index contributed by atoms with van der Waals surface area (Å²) >= 11 is 1.54. The van der Waals surface area contributed by atoms with Crippen LogP contribution in [0.2, 0.25) is 0 Å². The van der Waals surface area contributed by atoms with E-state index in [-0.39, 0.29) is 11.3 Å². The van der Waals surface area contributed by atoms with Crippen molar-refractivity contribution in [3.63, 3.8) is 0 Å². The van der Waals surface area contributed by atoms with E-state index >= 15 is 0 Å². The van der Waals surface area contributed by atoms with Crippen molar-refractivity contribution in [2.75, 3.05) is 27.2 Å². The number of benzene rings is 1. The molecule has 0 radical (unpaired) electrons. The zero-order valence-electron chi connectivity index (χ0n) is 16.6. The van der Waals surface area contributed by atoms with Gasteiger partial charge in [-0.15, -0.1) is 0 Å². The maximum atomic E-state index is 12.7. The number of hydrogen-bond acceptors (Lipinski definition) is 4. The van der Waals surface area contributed by atoms with Crippen molar-refractivity contribution in [3.8, 4) is 0 Å². The first-order chi connectivity index (χ1) is 12.2. The normalized spacial score (nSPS) is 11.7. The summed E-state index contributed by atoms with van der Waals surface area (Å²) < 4.78 is 0. The second-order valence-corrected chi connectivity index (χ2v) is 8.84. The molecule has 1 aromatic carbocycles. The van der Waals surface area contributed by atoms with Gasteiger partial charge in [-0.1, -0.05) is 43.3 Å². The molecule has 0 saturated heterocycles. The Bertz CT molecular complexity index is 772. The molecular weight excluding hydrogens is 342 g/mol. The van der Waals surface area contributed by atoms with Crippen LogP contribution in [0.4, 0.5) is 0 Å². The van der Waals surface area contributed by atoms with Crippen molar-refractivity contribution in [1.29, 1.82) is 0 Å². The first kappa shape index (κ1) is 20.5. The smallest absolute Gasteiger partial charge is 0.254 e.